The second-order valence-corrected chi connectivity index (χ2v) is 7.25. The van der Waals surface area contributed by atoms with Gasteiger partial charge in [0.2, 0.25) is 5.88 Å². The smallest absolute Gasteiger partial charge is 0.279 e. The van der Waals surface area contributed by atoms with Crippen LogP contribution in [0.15, 0.2) is 42.5 Å². The summed E-state index contributed by atoms with van der Waals surface area (Å²) >= 11 is 0. The van der Waals surface area contributed by atoms with Crippen molar-refractivity contribution in [3.63, 3.8) is 0 Å². The van der Waals surface area contributed by atoms with E-state index < -0.39 is 10.2 Å². The number of hydrogen-bond acceptors (Lipinski definition) is 5. The lowest BCUT2D eigenvalue weighted by Crippen LogP contribution is -2.50. The Balaban J connectivity index is 1.62. The molecule has 1 saturated heterocycles. The third kappa shape index (κ3) is 4.95. The molecule has 0 amide bonds. The highest BCUT2D eigenvalue weighted by Crippen LogP contribution is 2.19. The molecule has 0 atom stereocenters. The summed E-state index contributed by atoms with van der Waals surface area (Å²) in [5.41, 5.74) is 0.526. The van der Waals surface area contributed by atoms with Crippen molar-refractivity contribution in [1.29, 1.82) is 0 Å². The van der Waals surface area contributed by atoms with E-state index in [1.165, 1.54) is 28.6 Å². The molecular formula is C16H19FN4O3S. The molecule has 1 aromatic carbocycles. The molecule has 0 radical (unpaired) electrons. The number of ether oxygens (including phenoxy) is 1. The molecular weight excluding hydrogens is 347 g/mol. The van der Waals surface area contributed by atoms with Crippen LogP contribution in [0.2, 0.25) is 0 Å². The monoisotopic (exact) mass is 366 g/mol. The number of benzene rings is 1. The predicted octanol–water partition coefficient (Wildman–Crippen LogP) is 1.25. The predicted molar refractivity (Wildman–Crippen MR) is 90.9 cm³/mol. The van der Waals surface area contributed by atoms with Crippen LogP contribution in [0.4, 0.5) is 4.39 Å². The van der Waals surface area contributed by atoms with Gasteiger partial charge in [0.05, 0.1) is 12.2 Å². The van der Waals surface area contributed by atoms with Gasteiger partial charge < -0.3 is 10.1 Å². The van der Waals surface area contributed by atoms with Gasteiger partial charge in [-0.25, -0.2) is 9.37 Å². The van der Waals surface area contributed by atoms with Crippen LogP contribution in [0.1, 0.15) is 5.69 Å². The van der Waals surface area contributed by atoms with Crippen LogP contribution in [0.25, 0.3) is 0 Å². The number of piperazine rings is 1. The van der Waals surface area contributed by atoms with Crippen molar-refractivity contribution in [2.75, 3.05) is 26.2 Å². The summed E-state index contributed by atoms with van der Waals surface area (Å²) in [4.78, 5) is 4.26. The second kappa shape index (κ2) is 7.87. The van der Waals surface area contributed by atoms with Crippen molar-refractivity contribution in [3.8, 4) is 11.6 Å². The first-order valence-corrected chi connectivity index (χ1v) is 9.32. The summed E-state index contributed by atoms with van der Waals surface area (Å²) in [5.74, 6) is 0.411. The Morgan fingerprint density at radius 1 is 1.16 bits per heavy atom. The second-order valence-electron chi connectivity index (χ2n) is 5.50. The summed E-state index contributed by atoms with van der Waals surface area (Å²) in [6.45, 7) is 2.22. The van der Waals surface area contributed by atoms with Gasteiger partial charge in [-0.3, -0.25) is 0 Å². The SMILES string of the molecule is O=S(=O)(NCc1cccc(Oc2ccc(F)cc2)n1)N1CCNCC1. The average Bonchev–Trinajstić information content (AvgIpc) is 2.63. The van der Waals surface area contributed by atoms with Gasteiger partial charge in [-0.15, -0.1) is 0 Å². The van der Waals surface area contributed by atoms with Gasteiger partial charge in [0, 0.05) is 32.2 Å². The highest BCUT2D eigenvalue weighted by Gasteiger charge is 2.23. The fraction of sp³-hybridized carbons (Fsp3) is 0.312. The molecule has 0 aliphatic carbocycles. The maximum Gasteiger partial charge on any atom is 0.279 e. The Morgan fingerprint density at radius 3 is 2.60 bits per heavy atom. The van der Waals surface area contributed by atoms with Gasteiger partial charge in [-0.1, -0.05) is 6.07 Å². The molecule has 0 saturated carbocycles. The van der Waals surface area contributed by atoms with Gasteiger partial charge in [0.25, 0.3) is 10.2 Å². The van der Waals surface area contributed by atoms with Crippen molar-refractivity contribution in [1.82, 2.24) is 19.3 Å². The molecule has 0 unspecified atom stereocenters. The van der Waals surface area contributed by atoms with E-state index in [4.69, 9.17) is 4.74 Å². The Hall–Kier alpha value is -2.07. The zero-order chi connectivity index (χ0) is 17.7. The van der Waals surface area contributed by atoms with E-state index in [1.54, 1.807) is 18.2 Å². The lowest BCUT2D eigenvalue weighted by Gasteiger charge is -2.26. The highest BCUT2D eigenvalue weighted by molar-refractivity contribution is 7.87. The number of nitrogens with one attached hydrogen (secondary N) is 2. The summed E-state index contributed by atoms with van der Waals surface area (Å²) in [6, 6.07) is 10.7. The van der Waals surface area contributed by atoms with E-state index >= 15 is 0 Å². The van der Waals surface area contributed by atoms with E-state index in [1.807, 2.05) is 0 Å². The summed E-state index contributed by atoms with van der Waals surface area (Å²) < 4.78 is 46.9. The molecule has 2 heterocycles. The van der Waals surface area contributed by atoms with E-state index in [0.29, 0.717) is 43.5 Å². The Kier molecular flexibility index (Phi) is 5.59. The van der Waals surface area contributed by atoms with Crippen LogP contribution >= 0.6 is 0 Å². The molecule has 1 fully saturated rings. The lowest BCUT2D eigenvalue weighted by molar-refractivity contribution is 0.354. The fourth-order valence-corrected chi connectivity index (χ4v) is 3.55. The minimum absolute atomic E-state index is 0.0624. The summed E-state index contributed by atoms with van der Waals surface area (Å²) in [6.07, 6.45) is 0. The first-order valence-electron chi connectivity index (χ1n) is 7.88. The zero-order valence-electron chi connectivity index (χ0n) is 13.5. The summed E-state index contributed by atoms with van der Waals surface area (Å²) in [7, 11) is -3.54. The van der Waals surface area contributed by atoms with Gasteiger partial charge in [0.1, 0.15) is 11.6 Å². The van der Waals surface area contributed by atoms with Crippen LogP contribution in [0, 0.1) is 5.82 Å². The minimum Gasteiger partial charge on any atom is -0.439 e. The zero-order valence-corrected chi connectivity index (χ0v) is 14.3. The molecule has 3 rings (SSSR count). The van der Waals surface area contributed by atoms with Gasteiger partial charge in [0.15, 0.2) is 0 Å². The average molecular weight is 366 g/mol. The lowest BCUT2D eigenvalue weighted by atomic mass is 10.3. The molecule has 1 aromatic heterocycles. The van der Waals surface area contributed by atoms with Crippen molar-refractivity contribution < 1.29 is 17.5 Å². The van der Waals surface area contributed by atoms with E-state index in [0.717, 1.165) is 0 Å². The maximum atomic E-state index is 12.9. The van der Waals surface area contributed by atoms with Crippen LogP contribution < -0.4 is 14.8 Å². The molecule has 1 aliphatic rings. The van der Waals surface area contributed by atoms with E-state index in [-0.39, 0.29) is 12.4 Å². The minimum atomic E-state index is -3.54. The third-order valence-electron chi connectivity index (χ3n) is 3.67. The number of aromatic nitrogens is 1. The number of hydrogen-bond donors (Lipinski definition) is 2. The topological polar surface area (TPSA) is 83.6 Å². The Bertz CT molecular complexity index is 808. The molecule has 7 nitrogen and oxygen atoms in total. The van der Waals surface area contributed by atoms with Crippen molar-refractivity contribution >= 4 is 10.2 Å². The number of rotatable bonds is 6. The maximum absolute atomic E-state index is 12.9. The van der Waals surface area contributed by atoms with Crippen LogP contribution in [0.5, 0.6) is 11.6 Å². The van der Waals surface area contributed by atoms with Gasteiger partial charge >= 0.3 is 0 Å². The Morgan fingerprint density at radius 2 is 1.88 bits per heavy atom. The van der Waals surface area contributed by atoms with E-state index in [9.17, 15) is 12.8 Å². The van der Waals surface area contributed by atoms with Crippen molar-refractivity contribution in [2.24, 2.45) is 0 Å². The molecule has 0 bridgehead atoms. The third-order valence-corrected chi connectivity index (χ3v) is 5.22. The van der Waals surface area contributed by atoms with Crippen LogP contribution in [-0.4, -0.2) is 43.9 Å². The molecule has 2 N–H and O–H groups in total. The van der Waals surface area contributed by atoms with Crippen LogP contribution in [-0.2, 0) is 16.8 Å². The van der Waals surface area contributed by atoms with Gasteiger partial charge in [-0.05, 0) is 30.3 Å². The number of halogens is 1. The summed E-state index contributed by atoms with van der Waals surface area (Å²) in [5, 5.41) is 3.11. The number of nitrogens with zero attached hydrogens (tertiary/aromatic N) is 2. The number of pyridine rings is 1. The standard InChI is InChI=1S/C16H19FN4O3S/c17-13-4-6-15(7-5-13)24-16-3-1-2-14(20-16)12-19-25(22,23)21-10-8-18-9-11-21/h1-7,18-19H,8-12H2. The quantitative estimate of drug-likeness (QED) is 0.804. The van der Waals surface area contributed by atoms with Crippen LogP contribution in [0.3, 0.4) is 0 Å². The molecule has 134 valence electrons. The highest BCUT2D eigenvalue weighted by atomic mass is 32.2. The molecule has 9 heteroatoms. The normalized spacial score (nSPS) is 15.9. The molecule has 25 heavy (non-hydrogen) atoms. The first-order chi connectivity index (χ1) is 12.0. The Labute approximate surface area is 146 Å². The molecule has 0 spiro atoms. The van der Waals surface area contributed by atoms with Crippen molar-refractivity contribution in [3.05, 3.63) is 54.0 Å². The van der Waals surface area contributed by atoms with E-state index in [2.05, 4.69) is 15.0 Å². The molecule has 2 aromatic rings. The fourth-order valence-electron chi connectivity index (χ4n) is 2.38. The van der Waals surface area contributed by atoms with Crippen molar-refractivity contribution in [2.45, 2.75) is 6.54 Å². The largest absolute Gasteiger partial charge is 0.439 e. The van der Waals surface area contributed by atoms with Gasteiger partial charge in [-0.2, -0.15) is 17.4 Å². The first kappa shape index (κ1) is 17.7. The molecule has 1 aliphatic heterocycles.